The van der Waals surface area contributed by atoms with Crippen LogP contribution < -0.4 is 0 Å². The fraction of sp³-hybridized carbons (Fsp3) is 0.222. The molecule has 1 atom stereocenters. The Bertz CT molecular complexity index is 332. The molecule has 0 saturated carbocycles. The Labute approximate surface area is 96.7 Å². The highest BCUT2D eigenvalue weighted by atomic mass is 35.5. The van der Waals surface area contributed by atoms with Crippen molar-refractivity contribution in [3.63, 3.8) is 0 Å². The Balaban J connectivity index is 3.11. The smallest absolute Gasteiger partial charge is 0.328 e. The summed E-state index contributed by atoms with van der Waals surface area (Å²) < 4.78 is 4.49. The number of esters is 1. The predicted molar refractivity (Wildman–Crippen MR) is 57.1 cm³/mol. The molecular weight excluding hydrogens is 246 g/mol. The lowest BCUT2D eigenvalue weighted by atomic mass is 10.1. The van der Waals surface area contributed by atoms with Gasteiger partial charge >= 0.3 is 5.97 Å². The standard InChI is InChI=1S/C9H7Cl3O2/c1-14-9(13)8(12)7-5(10)3-2-4-6(7)11/h2-4,8H,1H3/t8-/m1/s1. The fourth-order valence-electron chi connectivity index (χ4n) is 0.974. The van der Waals surface area contributed by atoms with E-state index in [2.05, 4.69) is 4.74 Å². The van der Waals surface area contributed by atoms with E-state index in [9.17, 15) is 4.79 Å². The predicted octanol–water partition coefficient (Wildman–Crippen LogP) is 3.45. The van der Waals surface area contributed by atoms with Crippen molar-refractivity contribution >= 4 is 40.8 Å². The number of carbonyl (C=O) groups excluding carboxylic acids is 1. The molecule has 0 unspecified atom stereocenters. The third kappa shape index (κ3) is 2.32. The zero-order valence-corrected chi connectivity index (χ0v) is 9.53. The summed E-state index contributed by atoms with van der Waals surface area (Å²) in [5.41, 5.74) is 0.379. The fourth-order valence-corrected chi connectivity index (χ4v) is 2.03. The Morgan fingerprint density at radius 2 is 1.86 bits per heavy atom. The normalized spacial score (nSPS) is 12.3. The molecule has 0 saturated heterocycles. The lowest BCUT2D eigenvalue weighted by Crippen LogP contribution is -2.09. The monoisotopic (exact) mass is 252 g/mol. The molecule has 0 fully saturated rings. The second kappa shape index (κ2) is 4.87. The van der Waals surface area contributed by atoms with E-state index < -0.39 is 11.3 Å². The van der Waals surface area contributed by atoms with Crippen LogP contribution in [-0.2, 0) is 9.53 Å². The number of benzene rings is 1. The van der Waals surface area contributed by atoms with Crippen LogP contribution in [0.25, 0.3) is 0 Å². The van der Waals surface area contributed by atoms with Crippen LogP contribution in [0.1, 0.15) is 10.9 Å². The molecule has 1 rings (SSSR count). The molecule has 0 aliphatic carbocycles. The molecule has 0 bridgehead atoms. The number of hydrogen-bond donors (Lipinski definition) is 0. The molecule has 5 heteroatoms. The molecule has 14 heavy (non-hydrogen) atoms. The van der Waals surface area contributed by atoms with Gasteiger partial charge in [-0.05, 0) is 12.1 Å². The van der Waals surface area contributed by atoms with Gasteiger partial charge in [-0.3, -0.25) is 4.79 Å². The van der Waals surface area contributed by atoms with E-state index in [4.69, 9.17) is 34.8 Å². The molecule has 0 N–H and O–H groups in total. The van der Waals surface area contributed by atoms with Gasteiger partial charge in [-0.2, -0.15) is 0 Å². The van der Waals surface area contributed by atoms with Crippen LogP contribution in [0, 0.1) is 0 Å². The molecule has 0 spiro atoms. The summed E-state index contributed by atoms with van der Waals surface area (Å²) in [5, 5.41) is -0.271. The van der Waals surface area contributed by atoms with E-state index in [0.717, 1.165) is 0 Å². The highest BCUT2D eigenvalue weighted by Gasteiger charge is 2.23. The van der Waals surface area contributed by atoms with Crippen molar-refractivity contribution in [3.05, 3.63) is 33.8 Å². The van der Waals surface area contributed by atoms with Crippen LogP contribution in [-0.4, -0.2) is 13.1 Å². The summed E-state index contributed by atoms with van der Waals surface area (Å²) in [7, 11) is 1.25. The van der Waals surface area contributed by atoms with Gasteiger partial charge in [0.2, 0.25) is 0 Å². The van der Waals surface area contributed by atoms with E-state index in [-0.39, 0.29) is 0 Å². The van der Waals surface area contributed by atoms with Crippen molar-refractivity contribution in [3.8, 4) is 0 Å². The van der Waals surface area contributed by atoms with Crippen LogP contribution in [0.2, 0.25) is 10.0 Å². The van der Waals surface area contributed by atoms with Crippen molar-refractivity contribution in [1.29, 1.82) is 0 Å². The molecule has 0 aromatic heterocycles. The lowest BCUT2D eigenvalue weighted by Gasteiger charge is -2.10. The van der Waals surface area contributed by atoms with Crippen LogP contribution in [0.3, 0.4) is 0 Å². The molecular formula is C9H7Cl3O2. The van der Waals surface area contributed by atoms with Gasteiger partial charge in [-0.15, -0.1) is 11.6 Å². The van der Waals surface area contributed by atoms with E-state index in [1.165, 1.54) is 7.11 Å². The summed E-state index contributed by atoms with van der Waals surface area (Å²) in [6.45, 7) is 0. The lowest BCUT2D eigenvalue weighted by molar-refractivity contribution is -0.140. The molecule has 0 heterocycles. The summed E-state index contributed by atoms with van der Waals surface area (Å²) in [5.74, 6) is -0.582. The maximum absolute atomic E-state index is 11.1. The molecule has 0 amide bonds. The Morgan fingerprint density at radius 3 is 2.29 bits per heavy atom. The number of hydrogen-bond acceptors (Lipinski definition) is 2. The van der Waals surface area contributed by atoms with Gasteiger partial charge in [0.05, 0.1) is 7.11 Å². The minimum absolute atomic E-state index is 0.350. The molecule has 0 aliphatic heterocycles. The number of rotatable bonds is 2. The van der Waals surface area contributed by atoms with Crippen molar-refractivity contribution in [2.24, 2.45) is 0 Å². The maximum Gasteiger partial charge on any atom is 0.328 e. The topological polar surface area (TPSA) is 26.3 Å². The number of halogens is 3. The minimum Gasteiger partial charge on any atom is -0.468 e. The first-order valence-electron chi connectivity index (χ1n) is 3.73. The molecule has 1 aromatic carbocycles. The average molecular weight is 254 g/mol. The van der Waals surface area contributed by atoms with Gasteiger partial charge in [0, 0.05) is 15.6 Å². The first-order valence-corrected chi connectivity index (χ1v) is 4.93. The molecule has 1 aromatic rings. The van der Waals surface area contributed by atoms with E-state index in [0.29, 0.717) is 15.6 Å². The Morgan fingerprint density at radius 1 is 1.36 bits per heavy atom. The average Bonchev–Trinajstić information content (AvgIpc) is 2.16. The molecule has 2 nitrogen and oxygen atoms in total. The minimum atomic E-state index is -0.971. The molecule has 76 valence electrons. The van der Waals surface area contributed by atoms with Crippen molar-refractivity contribution in [2.45, 2.75) is 5.38 Å². The van der Waals surface area contributed by atoms with E-state index in [1.807, 2.05) is 0 Å². The third-order valence-corrected chi connectivity index (χ3v) is 2.72. The highest BCUT2D eigenvalue weighted by Crippen LogP contribution is 2.34. The number of ether oxygens (including phenoxy) is 1. The van der Waals surface area contributed by atoms with Gasteiger partial charge < -0.3 is 4.74 Å². The SMILES string of the molecule is COC(=O)[C@H](Cl)c1c(Cl)cccc1Cl. The molecule has 0 aliphatic rings. The Kier molecular flexibility index (Phi) is 4.05. The van der Waals surface area contributed by atoms with E-state index >= 15 is 0 Å². The van der Waals surface area contributed by atoms with Crippen LogP contribution >= 0.6 is 34.8 Å². The van der Waals surface area contributed by atoms with Crippen molar-refractivity contribution in [2.75, 3.05) is 7.11 Å². The van der Waals surface area contributed by atoms with Gasteiger partial charge in [0.15, 0.2) is 5.38 Å². The van der Waals surface area contributed by atoms with Crippen molar-refractivity contribution < 1.29 is 9.53 Å². The second-order valence-electron chi connectivity index (χ2n) is 2.52. The van der Waals surface area contributed by atoms with Gasteiger partial charge in [0.25, 0.3) is 0 Å². The van der Waals surface area contributed by atoms with Crippen LogP contribution in [0.5, 0.6) is 0 Å². The number of carbonyl (C=O) groups is 1. The number of alkyl halides is 1. The summed E-state index contributed by atoms with van der Waals surface area (Å²) in [6.07, 6.45) is 0. The quantitative estimate of drug-likeness (QED) is 0.596. The first-order chi connectivity index (χ1) is 6.57. The second-order valence-corrected chi connectivity index (χ2v) is 3.77. The molecule has 0 radical (unpaired) electrons. The van der Waals surface area contributed by atoms with Crippen molar-refractivity contribution in [1.82, 2.24) is 0 Å². The summed E-state index contributed by atoms with van der Waals surface area (Å²) in [4.78, 5) is 11.1. The Hall–Kier alpha value is -0.440. The van der Waals surface area contributed by atoms with Gasteiger partial charge in [-0.25, -0.2) is 0 Å². The highest BCUT2D eigenvalue weighted by molar-refractivity contribution is 6.39. The van der Waals surface area contributed by atoms with E-state index in [1.54, 1.807) is 18.2 Å². The zero-order valence-electron chi connectivity index (χ0n) is 7.26. The summed E-state index contributed by atoms with van der Waals surface area (Å²) >= 11 is 17.5. The largest absolute Gasteiger partial charge is 0.468 e. The van der Waals surface area contributed by atoms with Crippen LogP contribution in [0.4, 0.5) is 0 Å². The summed E-state index contributed by atoms with van der Waals surface area (Å²) in [6, 6.07) is 4.90. The maximum atomic E-state index is 11.1. The first kappa shape index (κ1) is 11.6. The zero-order chi connectivity index (χ0) is 10.7. The van der Waals surface area contributed by atoms with Gasteiger partial charge in [-0.1, -0.05) is 29.3 Å². The third-order valence-electron chi connectivity index (χ3n) is 1.66. The number of methoxy groups -OCH3 is 1. The van der Waals surface area contributed by atoms with Crippen LogP contribution in [0.15, 0.2) is 18.2 Å². The van der Waals surface area contributed by atoms with Gasteiger partial charge in [0.1, 0.15) is 0 Å².